The Hall–Kier alpha value is -3.49. The summed E-state index contributed by atoms with van der Waals surface area (Å²) in [6.07, 6.45) is -3.32. The largest absolute Gasteiger partial charge is 0.473 e. The number of hydrogen-bond donors (Lipinski definition) is 5. The number of rotatable bonds is 9. The summed E-state index contributed by atoms with van der Waals surface area (Å²) in [4.78, 5) is 30.0. The van der Waals surface area contributed by atoms with Gasteiger partial charge >= 0.3 is 18.1 Å². The fraction of sp³-hybridized carbons (Fsp3) is 0.286. The number of hydrogen-bond acceptors (Lipinski definition) is 6. The fourth-order valence-corrected chi connectivity index (χ4v) is 3.07. The van der Waals surface area contributed by atoms with Gasteiger partial charge in [-0.2, -0.15) is 13.2 Å². The van der Waals surface area contributed by atoms with Gasteiger partial charge in [0.15, 0.2) is 0 Å². The van der Waals surface area contributed by atoms with E-state index in [4.69, 9.17) is 24.9 Å². The summed E-state index contributed by atoms with van der Waals surface area (Å²) >= 11 is 0. The number of carboxylic acids is 2. The van der Waals surface area contributed by atoms with E-state index in [-0.39, 0.29) is 17.3 Å². The zero-order valence-electron chi connectivity index (χ0n) is 18.2. The van der Waals surface area contributed by atoms with Gasteiger partial charge in [-0.25, -0.2) is 23.1 Å². The smallest absolute Gasteiger partial charge is 0.416 e. The van der Waals surface area contributed by atoms with Crippen LogP contribution in [-0.2, 0) is 43.4 Å². The first-order valence-corrected chi connectivity index (χ1v) is 11.5. The molecule has 0 radical (unpaired) electrons. The SMILES string of the molecule is NS(=O)(=O)c1ccc(CCNC(=O)CNCCc2ccc(C(F)(F)F)cc2)cc1.O=C(O)C(=O)O. The molecule has 1 amide bonds. The highest BCUT2D eigenvalue weighted by Gasteiger charge is 2.29. The van der Waals surface area contributed by atoms with Crippen molar-refractivity contribution in [2.24, 2.45) is 5.14 Å². The molecule has 0 fully saturated rings. The van der Waals surface area contributed by atoms with Crippen molar-refractivity contribution in [3.05, 3.63) is 65.2 Å². The van der Waals surface area contributed by atoms with E-state index < -0.39 is 33.7 Å². The van der Waals surface area contributed by atoms with Crippen LogP contribution in [0, 0.1) is 0 Å². The normalized spacial score (nSPS) is 11.2. The number of nitrogens with one attached hydrogen (secondary N) is 2. The second-order valence-corrected chi connectivity index (χ2v) is 8.58. The molecule has 2 aromatic carbocycles. The molecule has 0 aliphatic carbocycles. The maximum absolute atomic E-state index is 12.5. The minimum absolute atomic E-state index is 0.0301. The lowest BCUT2D eigenvalue weighted by molar-refractivity contribution is -0.159. The summed E-state index contributed by atoms with van der Waals surface area (Å²) in [5.74, 6) is -3.86. The zero-order valence-corrected chi connectivity index (χ0v) is 19.0. The maximum atomic E-state index is 12.5. The van der Waals surface area contributed by atoms with Crippen LogP contribution in [0.25, 0.3) is 0 Å². The van der Waals surface area contributed by atoms with Crippen LogP contribution >= 0.6 is 0 Å². The lowest BCUT2D eigenvalue weighted by Gasteiger charge is -2.09. The summed E-state index contributed by atoms with van der Waals surface area (Å²) in [5, 5.41) is 25.5. The van der Waals surface area contributed by atoms with Gasteiger partial charge < -0.3 is 20.8 Å². The molecule has 0 aromatic heterocycles. The molecule has 0 spiro atoms. The molecule has 0 saturated carbocycles. The van der Waals surface area contributed by atoms with E-state index in [2.05, 4.69) is 10.6 Å². The highest BCUT2D eigenvalue weighted by Crippen LogP contribution is 2.29. The Morgan fingerprint density at radius 1 is 0.829 bits per heavy atom. The first-order chi connectivity index (χ1) is 16.2. The molecule has 6 N–H and O–H groups in total. The molecule has 0 heterocycles. The van der Waals surface area contributed by atoms with Crippen LogP contribution in [0.2, 0.25) is 0 Å². The average molecular weight is 519 g/mol. The van der Waals surface area contributed by atoms with Crippen molar-refractivity contribution in [1.82, 2.24) is 10.6 Å². The van der Waals surface area contributed by atoms with E-state index in [0.29, 0.717) is 25.9 Å². The number of nitrogens with two attached hydrogens (primary N) is 1. The third-order valence-corrected chi connectivity index (χ3v) is 5.26. The average Bonchev–Trinajstić information content (AvgIpc) is 2.76. The third kappa shape index (κ3) is 12.0. The number of primary sulfonamides is 1. The first kappa shape index (κ1) is 29.5. The number of aliphatic carboxylic acids is 2. The Kier molecular flexibility index (Phi) is 11.3. The van der Waals surface area contributed by atoms with Crippen molar-refractivity contribution in [2.75, 3.05) is 19.6 Å². The Morgan fingerprint density at radius 3 is 1.71 bits per heavy atom. The number of amides is 1. The number of sulfonamides is 1. The Balaban J connectivity index is 0.000000905. The van der Waals surface area contributed by atoms with Crippen LogP contribution in [0.1, 0.15) is 16.7 Å². The van der Waals surface area contributed by atoms with Crippen molar-refractivity contribution < 1.29 is 46.2 Å². The van der Waals surface area contributed by atoms with E-state index >= 15 is 0 Å². The van der Waals surface area contributed by atoms with Crippen LogP contribution in [0.4, 0.5) is 13.2 Å². The van der Waals surface area contributed by atoms with Crippen molar-refractivity contribution in [3.8, 4) is 0 Å². The number of halogens is 3. The molecule has 2 rings (SSSR count). The minimum Gasteiger partial charge on any atom is -0.473 e. The van der Waals surface area contributed by atoms with Crippen LogP contribution in [0.5, 0.6) is 0 Å². The lowest BCUT2D eigenvalue weighted by Crippen LogP contribution is -2.35. The second kappa shape index (κ2) is 13.4. The highest BCUT2D eigenvalue weighted by atomic mass is 32.2. The molecular weight excluding hydrogens is 495 g/mol. The highest BCUT2D eigenvalue weighted by molar-refractivity contribution is 7.89. The van der Waals surface area contributed by atoms with Gasteiger partial charge in [-0.15, -0.1) is 0 Å². The summed E-state index contributed by atoms with van der Waals surface area (Å²) in [7, 11) is -3.72. The van der Waals surface area contributed by atoms with Gasteiger partial charge in [0, 0.05) is 6.54 Å². The molecule has 0 bridgehead atoms. The standard InChI is InChI=1S/C19H22F3N3O3S.C2H2O4/c20-19(21,22)16-5-1-14(2-6-16)9-11-24-13-18(26)25-12-10-15-3-7-17(8-4-15)29(23,27)28;3-1(4)2(5)6/h1-8,24H,9-13H2,(H,25,26)(H2,23,27,28);(H,3,4)(H,5,6). The van der Waals surface area contributed by atoms with Gasteiger partial charge in [0.1, 0.15) is 0 Å². The van der Waals surface area contributed by atoms with E-state index in [0.717, 1.165) is 23.3 Å². The second-order valence-electron chi connectivity index (χ2n) is 7.02. The van der Waals surface area contributed by atoms with Crippen LogP contribution in [0.15, 0.2) is 53.4 Å². The molecule has 35 heavy (non-hydrogen) atoms. The molecule has 10 nitrogen and oxygen atoms in total. The van der Waals surface area contributed by atoms with Gasteiger partial charge in [-0.05, 0) is 54.8 Å². The van der Waals surface area contributed by atoms with Crippen molar-refractivity contribution >= 4 is 27.9 Å². The van der Waals surface area contributed by atoms with Crippen LogP contribution in [0.3, 0.4) is 0 Å². The summed E-state index contributed by atoms with van der Waals surface area (Å²) in [6, 6.07) is 11.0. The van der Waals surface area contributed by atoms with Crippen molar-refractivity contribution in [3.63, 3.8) is 0 Å². The number of carbonyl (C=O) groups is 3. The van der Waals surface area contributed by atoms with Gasteiger partial charge in [0.2, 0.25) is 15.9 Å². The molecule has 0 atom stereocenters. The molecular formula is C21H24F3N3O7S. The monoisotopic (exact) mass is 519 g/mol. The van der Waals surface area contributed by atoms with E-state index in [1.807, 2.05) is 0 Å². The Morgan fingerprint density at radius 2 is 1.29 bits per heavy atom. The first-order valence-electron chi connectivity index (χ1n) is 9.91. The molecule has 14 heteroatoms. The quantitative estimate of drug-likeness (QED) is 0.241. The van der Waals surface area contributed by atoms with E-state index in [9.17, 15) is 26.4 Å². The number of benzene rings is 2. The van der Waals surface area contributed by atoms with E-state index in [1.165, 1.54) is 24.3 Å². The van der Waals surface area contributed by atoms with Crippen molar-refractivity contribution in [1.29, 1.82) is 0 Å². The molecule has 192 valence electrons. The number of alkyl halides is 3. The van der Waals surface area contributed by atoms with Gasteiger partial charge in [0.05, 0.1) is 17.0 Å². The maximum Gasteiger partial charge on any atom is 0.416 e. The number of carbonyl (C=O) groups excluding carboxylic acids is 1. The van der Waals surface area contributed by atoms with Gasteiger partial charge in [0.25, 0.3) is 0 Å². The molecule has 2 aromatic rings. The molecule has 0 aliphatic rings. The van der Waals surface area contributed by atoms with E-state index in [1.54, 1.807) is 12.1 Å². The topological polar surface area (TPSA) is 176 Å². The minimum atomic E-state index is -4.35. The summed E-state index contributed by atoms with van der Waals surface area (Å²) in [5.41, 5.74) is 0.912. The molecule has 0 unspecified atom stereocenters. The Labute approximate surface area is 199 Å². The fourth-order valence-electron chi connectivity index (χ4n) is 2.55. The summed E-state index contributed by atoms with van der Waals surface area (Å²) in [6.45, 7) is 0.924. The Bertz CT molecular complexity index is 1090. The zero-order chi connectivity index (χ0) is 26.6. The predicted octanol–water partition coefficient (Wildman–Crippen LogP) is 0.999. The number of carboxylic acid groups (broad SMARTS) is 2. The third-order valence-electron chi connectivity index (χ3n) is 4.33. The van der Waals surface area contributed by atoms with Gasteiger partial charge in [-0.3, -0.25) is 4.79 Å². The molecule has 0 aliphatic heterocycles. The molecule has 0 saturated heterocycles. The predicted molar refractivity (Wildman–Crippen MR) is 118 cm³/mol. The van der Waals surface area contributed by atoms with Crippen LogP contribution < -0.4 is 15.8 Å². The van der Waals surface area contributed by atoms with Crippen molar-refractivity contribution in [2.45, 2.75) is 23.9 Å². The summed E-state index contributed by atoms with van der Waals surface area (Å²) < 4.78 is 59.9. The lowest BCUT2D eigenvalue weighted by atomic mass is 10.1. The van der Waals surface area contributed by atoms with Gasteiger partial charge in [-0.1, -0.05) is 24.3 Å². The van der Waals surface area contributed by atoms with Crippen LogP contribution in [-0.4, -0.2) is 56.1 Å².